The predicted molar refractivity (Wildman–Crippen MR) is 86.0 cm³/mol. The highest BCUT2D eigenvalue weighted by atomic mass is 16.2. The first-order valence-electron chi connectivity index (χ1n) is 7.45. The molecule has 0 bridgehead atoms. The lowest BCUT2D eigenvalue weighted by Gasteiger charge is -2.27. The number of amides is 1. The monoisotopic (exact) mass is 284 g/mol. The number of hydrogen-bond donors (Lipinski definition) is 0. The lowest BCUT2D eigenvalue weighted by Crippen LogP contribution is -2.38. The van der Waals surface area contributed by atoms with E-state index in [1.54, 1.807) is 0 Å². The number of benzene rings is 1. The fourth-order valence-electron chi connectivity index (χ4n) is 2.51. The molecule has 0 aliphatic carbocycles. The molecule has 1 aromatic carbocycles. The van der Waals surface area contributed by atoms with Crippen molar-refractivity contribution in [3.63, 3.8) is 0 Å². The van der Waals surface area contributed by atoms with Gasteiger partial charge in [-0.1, -0.05) is 30.3 Å². The molecule has 0 saturated heterocycles. The first-order valence-corrected chi connectivity index (χ1v) is 7.45. The maximum absolute atomic E-state index is 12.7. The van der Waals surface area contributed by atoms with Gasteiger partial charge in [-0.2, -0.15) is 0 Å². The van der Waals surface area contributed by atoms with E-state index in [0.717, 1.165) is 11.4 Å². The van der Waals surface area contributed by atoms with Gasteiger partial charge in [-0.3, -0.25) is 4.79 Å². The fourth-order valence-corrected chi connectivity index (χ4v) is 2.51. The van der Waals surface area contributed by atoms with Crippen molar-refractivity contribution in [3.8, 4) is 0 Å². The molecule has 0 N–H and O–H groups in total. The normalized spacial score (nSPS) is 10.9. The van der Waals surface area contributed by atoms with Gasteiger partial charge in [-0.25, -0.2) is 0 Å². The molecule has 2 aromatic rings. The number of carbonyl (C=O) groups is 1. The Labute approximate surface area is 127 Å². The number of carbonyl (C=O) groups excluding carboxylic acids is 1. The van der Waals surface area contributed by atoms with E-state index in [2.05, 4.69) is 42.7 Å². The van der Waals surface area contributed by atoms with Crippen molar-refractivity contribution >= 4 is 5.91 Å². The van der Waals surface area contributed by atoms with Crippen molar-refractivity contribution in [2.45, 2.75) is 46.8 Å². The van der Waals surface area contributed by atoms with Gasteiger partial charge in [0.05, 0.1) is 0 Å². The molecule has 0 radical (unpaired) electrons. The SMILES string of the molecule is Cc1ccc(C)n1CC(=O)N(Cc1ccccc1)C(C)C. The van der Waals surface area contributed by atoms with E-state index in [0.29, 0.717) is 13.1 Å². The van der Waals surface area contributed by atoms with Crippen LogP contribution in [-0.4, -0.2) is 21.4 Å². The molecule has 1 aromatic heterocycles. The summed E-state index contributed by atoms with van der Waals surface area (Å²) in [5, 5.41) is 0. The zero-order valence-corrected chi connectivity index (χ0v) is 13.3. The predicted octanol–water partition coefficient (Wildman–Crippen LogP) is 3.54. The van der Waals surface area contributed by atoms with Gasteiger partial charge in [0.15, 0.2) is 0 Å². The zero-order chi connectivity index (χ0) is 15.4. The van der Waals surface area contributed by atoms with Crippen LogP contribution in [0.15, 0.2) is 42.5 Å². The lowest BCUT2D eigenvalue weighted by atomic mass is 10.2. The molecule has 21 heavy (non-hydrogen) atoms. The molecule has 0 saturated carbocycles. The molecule has 3 nitrogen and oxygen atoms in total. The summed E-state index contributed by atoms with van der Waals surface area (Å²) in [6, 6.07) is 14.5. The summed E-state index contributed by atoms with van der Waals surface area (Å²) in [6.07, 6.45) is 0. The zero-order valence-electron chi connectivity index (χ0n) is 13.3. The maximum Gasteiger partial charge on any atom is 0.243 e. The van der Waals surface area contributed by atoms with Crippen LogP contribution < -0.4 is 0 Å². The quantitative estimate of drug-likeness (QED) is 0.824. The Morgan fingerprint density at radius 2 is 1.62 bits per heavy atom. The van der Waals surface area contributed by atoms with E-state index in [-0.39, 0.29) is 11.9 Å². The molecule has 0 unspecified atom stereocenters. The molecular formula is C18H24N2O. The van der Waals surface area contributed by atoms with Crippen LogP contribution in [0.3, 0.4) is 0 Å². The second-order valence-electron chi connectivity index (χ2n) is 5.80. The minimum absolute atomic E-state index is 0.163. The van der Waals surface area contributed by atoms with Crippen LogP contribution in [0, 0.1) is 13.8 Å². The van der Waals surface area contributed by atoms with E-state index in [9.17, 15) is 4.79 Å². The number of aryl methyl sites for hydroxylation is 2. The molecule has 0 aliphatic rings. The van der Waals surface area contributed by atoms with Crippen LogP contribution in [0.5, 0.6) is 0 Å². The Bertz CT molecular complexity index is 579. The van der Waals surface area contributed by atoms with Gasteiger partial charge in [0, 0.05) is 24.0 Å². The minimum atomic E-state index is 0.163. The number of nitrogens with zero attached hydrogens (tertiary/aromatic N) is 2. The van der Waals surface area contributed by atoms with Crippen molar-refractivity contribution in [1.82, 2.24) is 9.47 Å². The summed E-state index contributed by atoms with van der Waals surface area (Å²) in [7, 11) is 0. The Hall–Kier alpha value is -2.03. The fraction of sp³-hybridized carbons (Fsp3) is 0.389. The number of rotatable bonds is 5. The standard InChI is InChI=1S/C18H24N2O/c1-14(2)19(12-17-8-6-5-7-9-17)18(21)13-20-15(3)10-11-16(20)4/h5-11,14H,12-13H2,1-4H3. The van der Waals surface area contributed by atoms with Gasteiger partial charge in [0.1, 0.15) is 6.54 Å². The average Bonchev–Trinajstić information content (AvgIpc) is 2.77. The van der Waals surface area contributed by atoms with E-state index in [1.165, 1.54) is 5.56 Å². The Morgan fingerprint density at radius 1 is 1.05 bits per heavy atom. The first kappa shape index (κ1) is 15.4. The highest BCUT2D eigenvalue weighted by Gasteiger charge is 2.18. The summed E-state index contributed by atoms with van der Waals surface area (Å²) < 4.78 is 2.07. The van der Waals surface area contributed by atoms with Gasteiger partial charge in [0.2, 0.25) is 5.91 Å². The minimum Gasteiger partial charge on any atom is -0.340 e. The smallest absolute Gasteiger partial charge is 0.243 e. The highest BCUT2D eigenvalue weighted by Crippen LogP contribution is 2.12. The lowest BCUT2D eigenvalue weighted by molar-refractivity contribution is -0.134. The third kappa shape index (κ3) is 3.75. The van der Waals surface area contributed by atoms with Gasteiger partial charge in [-0.15, -0.1) is 0 Å². The van der Waals surface area contributed by atoms with Gasteiger partial charge < -0.3 is 9.47 Å². The van der Waals surface area contributed by atoms with Crippen LogP contribution in [0.2, 0.25) is 0 Å². The molecule has 1 amide bonds. The molecular weight excluding hydrogens is 260 g/mol. The molecule has 0 fully saturated rings. The molecule has 0 aliphatic heterocycles. The average molecular weight is 284 g/mol. The summed E-state index contributed by atoms with van der Waals surface area (Å²) in [5.74, 6) is 0.163. The van der Waals surface area contributed by atoms with Crippen molar-refractivity contribution in [1.29, 1.82) is 0 Å². The number of hydrogen-bond acceptors (Lipinski definition) is 1. The van der Waals surface area contributed by atoms with E-state index in [4.69, 9.17) is 0 Å². The van der Waals surface area contributed by atoms with Crippen molar-refractivity contribution < 1.29 is 4.79 Å². The maximum atomic E-state index is 12.7. The van der Waals surface area contributed by atoms with Gasteiger partial charge in [0.25, 0.3) is 0 Å². The third-order valence-corrected chi connectivity index (χ3v) is 3.85. The molecule has 0 spiro atoms. The summed E-state index contributed by atoms with van der Waals surface area (Å²) in [6.45, 7) is 9.28. The van der Waals surface area contributed by atoms with Crippen LogP contribution >= 0.6 is 0 Å². The molecule has 3 heteroatoms. The van der Waals surface area contributed by atoms with E-state index < -0.39 is 0 Å². The van der Waals surface area contributed by atoms with Crippen LogP contribution in [-0.2, 0) is 17.9 Å². The summed E-state index contributed by atoms with van der Waals surface area (Å²) in [4.78, 5) is 14.6. The molecule has 0 atom stereocenters. The van der Waals surface area contributed by atoms with E-state index in [1.807, 2.05) is 36.9 Å². The largest absolute Gasteiger partial charge is 0.340 e. The van der Waals surface area contributed by atoms with Crippen molar-refractivity contribution in [2.75, 3.05) is 0 Å². The number of aromatic nitrogens is 1. The van der Waals surface area contributed by atoms with Gasteiger partial charge >= 0.3 is 0 Å². The van der Waals surface area contributed by atoms with Crippen LogP contribution in [0.1, 0.15) is 30.8 Å². The molecule has 112 valence electrons. The topological polar surface area (TPSA) is 25.2 Å². The van der Waals surface area contributed by atoms with E-state index >= 15 is 0 Å². The highest BCUT2D eigenvalue weighted by molar-refractivity contribution is 5.76. The second kappa shape index (κ2) is 6.61. The molecule has 2 rings (SSSR count). The Morgan fingerprint density at radius 3 is 2.14 bits per heavy atom. The Balaban J connectivity index is 2.13. The van der Waals surface area contributed by atoms with Gasteiger partial charge in [-0.05, 0) is 45.4 Å². The van der Waals surface area contributed by atoms with Crippen molar-refractivity contribution in [3.05, 3.63) is 59.4 Å². The summed E-state index contributed by atoms with van der Waals surface area (Å²) in [5.41, 5.74) is 3.43. The second-order valence-corrected chi connectivity index (χ2v) is 5.80. The molecule has 1 heterocycles. The van der Waals surface area contributed by atoms with Crippen LogP contribution in [0.25, 0.3) is 0 Å². The Kier molecular flexibility index (Phi) is 4.84. The third-order valence-electron chi connectivity index (χ3n) is 3.85. The van der Waals surface area contributed by atoms with Crippen LogP contribution in [0.4, 0.5) is 0 Å². The van der Waals surface area contributed by atoms with Crippen molar-refractivity contribution in [2.24, 2.45) is 0 Å². The first-order chi connectivity index (χ1) is 9.99. The summed E-state index contributed by atoms with van der Waals surface area (Å²) >= 11 is 0.